The Bertz CT molecular complexity index is 1060. The molecule has 0 radical (unpaired) electrons. The zero-order chi connectivity index (χ0) is 22.1. The second-order valence-electron chi connectivity index (χ2n) is 7.64. The first-order valence-electron chi connectivity index (χ1n) is 10.4. The summed E-state index contributed by atoms with van der Waals surface area (Å²) in [6, 6.07) is 9.59. The Labute approximate surface area is 181 Å². The third-order valence-corrected chi connectivity index (χ3v) is 5.76. The van der Waals surface area contributed by atoms with Crippen molar-refractivity contribution in [3.8, 4) is 5.69 Å². The highest BCUT2D eigenvalue weighted by Crippen LogP contribution is 2.26. The van der Waals surface area contributed by atoms with Crippen LogP contribution < -0.4 is 10.2 Å². The molecular weight excluding hydrogens is 396 g/mol. The first kappa shape index (κ1) is 20.9. The zero-order valence-electron chi connectivity index (χ0n) is 18.0. The molecule has 0 saturated carbocycles. The first-order chi connectivity index (χ1) is 14.9. The number of rotatable bonds is 4. The van der Waals surface area contributed by atoms with Gasteiger partial charge in [-0.1, -0.05) is 0 Å². The number of ether oxygens (including phenoxy) is 1. The number of carbonyl (C=O) groups is 3. The Balaban J connectivity index is 1.65. The van der Waals surface area contributed by atoms with Crippen LogP contribution >= 0.6 is 0 Å². The number of benzene rings is 1. The molecule has 0 atom stereocenters. The Morgan fingerprint density at radius 3 is 2.32 bits per heavy atom. The van der Waals surface area contributed by atoms with Gasteiger partial charge in [-0.3, -0.25) is 19.8 Å². The second-order valence-corrected chi connectivity index (χ2v) is 7.64. The summed E-state index contributed by atoms with van der Waals surface area (Å²) in [4.78, 5) is 40.0. The molecule has 2 saturated heterocycles. The lowest BCUT2D eigenvalue weighted by Crippen LogP contribution is -2.53. The molecule has 31 heavy (non-hydrogen) atoms. The molecule has 2 aromatic rings. The average molecular weight is 422 g/mol. The van der Waals surface area contributed by atoms with E-state index in [-0.39, 0.29) is 12.1 Å². The van der Waals surface area contributed by atoms with Crippen molar-refractivity contribution >= 4 is 29.6 Å². The number of likely N-dealkylation sites (N-methyl/N-ethyl adjacent to an activating group) is 1. The largest absolute Gasteiger partial charge is 0.378 e. The van der Waals surface area contributed by atoms with Crippen molar-refractivity contribution in [2.24, 2.45) is 0 Å². The maximum atomic E-state index is 12.6. The lowest BCUT2D eigenvalue weighted by molar-refractivity contribution is -0.129. The van der Waals surface area contributed by atoms with E-state index in [9.17, 15) is 14.4 Å². The highest BCUT2D eigenvalue weighted by molar-refractivity contribution is 6.31. The quantitative estimate of drug-likeness (QED) is 0.604. The fraction of sp³-hybridized carbons (Fsp3) is 0.348. The molecule has 0 spiro atoms. The van der Waals surface area contributed by atoms with Crippen LogP contribution in [0.5, 0.6) is 0 Å². The number of imide groups is 2. The van der Waals surface area contributed by atoms with Crippen LogP contribution in [0.3, 0.4) is 0 Å². The van der Waals surface area contributed by atoms with Gasteiger partial charge in [0.25, 0.3) is 11.8 Å². The molecule has 3 heterocycles. The molecule has 1 aromatic carbocycles. The van der Waals surface area contributed by atoms with Gasteiger partial charge in [-0.15, -0.1) is 0 Å². The van der Waals surface area contributed by atoms with E-state index in [0.29, 0.717) is 0 Å². The number of barbiturate groups is 1. The zero-order valence-corrected chi connectivity index (χ0v) is 18.0. The van der Waals surface area contributed by atoms with Crippen molar-refractivity contribution in [2.75, 3.05) is 37.7 Å². The Hall–Kier alpha value is -3.39. The molecule has 4 rings (SSSR count). The minimum Gasteiger partial charge on any atom is -0.378 e. The van der Waals surface area contributed by atoms with Crippen molar-refractivity contribution in [3.05, 3.63) is 52.9 Å². The fourth-order valence-corrected chi connectivity index (χ4v) is 4.10. The van der Waals surface area contributed by atoms with E-state index in [2.05, 4.69) is 39.0 Å². The number of anilines is 1. The molecule has 2 fully saturated rings. The van der Waals surface area contributed by atoms with Crippen molar-refractivity contribution in [3.63, 3.8) is 0 Å². The van der Waals surface area contributed by atoms with E-state index >= 15 is 0 Å². The number of amides is 4. The normalized spacial score (nSPS) is 18.7. The van der Waals surface area contributed by atoms with E-state index in [1.807, 2.05) is 19.9 Å². The molecule has 1 aromatic heterocycles. The van der Waals surface area contributed by atoms with E-state index in [0.717, 1.165) is 59.5 Å². The lowest BCUT2D eigenvalue weighted by Gasteiger charge is -2.29. The van der Waals surface area contributed by atoms with Crippen molar-refractivity contribution in [1.82, 2.24) is 14.8 Å². The summed E-state index contributed by atoms with van der Waals surface area (Å²) in [5, 5.41) is 2.23. The van der Waals surface area contributed by atoms with Gasteiger partial charge < -0.3 is 14.2 Å². The van der Waals surface area contributed by atoms with Gasteiger partial charge in [0.1, 0.15) is 5.57 Å². The predicted octanol–water partition coefficient (Wildman–Crippen LogP) is 2.41. The van der Waals surface area contributed by atoms with Crippen LogP contribution in [0, 0.1) is 13.8 Å². The monoisotopic (exact) mass is 422 g/mol. The number of aromatic nitrogens is 1. The molecule has 162 valence electrons. The Kier molecular flexibility index (Phi) is 5.65. The van der Waals surface area contributed by atoms with E-state index in [1.165, 1.54) is 0 Å². The summed E-state index contributed by atoms with van der Waals surface area (Å²) >= 11 is 0. The standard InChI is InChI=1S/C23H26N4O4/c1-4-26-22(29)20(21(28)24-23(26)30)14-17-13-15(2)27(16(17)3)19-7-5-18(6-8-19)25-9-11-31-12-10-25/h5-8,13-14H,4,9-12H2,1-3H3,(H,24,28,30)/b20-14+. The predicted molar refractivity (Wildman–Crippen MR) is 117 cm³/mol. The van der Waals surface area contributed by atoms with Crippen LogP contribution in [0.4, 0.5) is 10.5 Å². The van der Waals surface area contributed by atoms with Gasteiger partial charge in [0, 0.05) is 42.4 Å². The van der Waals surface area contributed by atoms with Gasteiger partial charge in [0.05, 0.1) is 13.2 Å². The Morgan fingerprint density at radius 1 is 1.03 bits per heavy atom. The molecule has 2 aliphatic rings. The molecule has 0 unspecified atom stereocenters. The van der Waals surface area contributed by atoms with Gasteiger partial charge in [-0.2, -0.15) is 0 Å². The first-order valence-corrected chi connectivity index (χ1v) is 10.4. The number of nitrogens with zero attached hydrogens (tertiary/aromatic N) is 3. The smallest absolute Gasteiger partial charge is 0.331 e. The molecule has 8 heteroatoms. The maximum Gasteiger partial charge on any atom is 0.331 e. The molecule has 2 aliphatic heterocycles. The highest BCUT2D eigenvalue weighted by atomic mass is 16.5. The summed E-state index contributed by atoms with van der Waals surface area (Å²) in [5.74, 6) is -1.24. The van der Waals surface area contributed by atoms with Crippen molar-refractivity contribution in [2.45, 2.75) is 20.8 Å². The average Bonchev–Trinajstić information content (AvgIpc) is 3.05. The fourth-order valence-electron chi connectivity index (χ4n) is 4.10. The summed E-state index contributed by atoms with van der Waals surface area (Å²) in [5.41, 5.74) is 4.77. The van der Waals surface area contributed by atoms with Crippen LogP contribution in [0.1, 0.15) is 23.9 Å². The van der Waals surface area contributed by atoms with Crippen LogP contribution in [-0.2, 0) is 14.3 Å². The number of aryl methyl sites for hydroxylation is 1. The van der Waals surface area contributed by atoms with Gasteiger partial charge in [0.2, 0.25) is 0 Å². The van der Waals surface area contributed by atoms with Crippen LogP contribution in [0.2, 0.25) is 0 Å². The molecule has 4 amide bonds. The number of nitrogens with one attached hydrogen (secondary N) is 1. The van der Waals surface area contributed by atoms with Gasteiger partial charge >= 0.3 is 6.03 Å². The second kappa shape index (κ2) is 8.39. The number of hydrogen-bond donors (Lipinski definition) is 1. The summed E-state index contributed by atoms with van der Waals surface area (Å²) in [6.07, 6.45) is 1.56. The van der Waals surface area contributed by atoms with Crippen molar-refractivity contribution in [1.29, 1.82) is 0 Å². The van der Waals surface area contributed by atoms with Crippen LogP contribution in [0.25, 0.3) is 11.8 Å². The minimum absolute atomic E-state index is 0.0376. The maximum absolute atomic E-state index is 12.6. The van der Waals surface area contributed by atoms with Gasteiger partial charge in [-0.05, 0) is 62.7 Å². The van der Waals surface area contributed by atoms with E-state index in [4.69, 9.17) is 4.74 Å². The van der Waals surface area contributed by atoms with Crippen LogP contribution in [-0.4, -0.2) is 60.2 Å². The minimum atomic E-state index is -0.680. The summed E-state index contributed by atoms with van der Waals surface area (Å²) in [7, 11) is 0. The van der Waals surface area contributed by atoms with E-state index < -0.39 is 17.8 Å². The number of urea groups is 1. The highest BCUT2D eigenvalue weighted by Gasteiger charge is 2.34. The molecule has 1 N–H and O–H groups in total. The SMILES string of the molecule is CCN1C(=O)NC(=O)/C(=C\c2cc(C)n(-c3ccc(N4CCOCC4)cc3)c2C)C1=O. The molecule has 0 aliphatic carbocycles. The summed E-state index contributed by atoms with van der Waals surface area (Å²) in [6.45, 7) is 9.06. The molecule has 0 bridgehead atoms. The van der Waals surface area contributed by atoms with Gasteiger partial charge in [-0.25, -0.2) is 4.79 Å². The molecule has 8 nitrogen and oxygen atoms in total. The van der Waals surface area contributed by atoms with Gasteiger partial charge in [0.15, 0.2) is 0 Å². The molecular formula is C23H26N4O4. The summed E-state index contributed by atoms with van der Waals surface area (Å²) < 4.78 is 7.51. The number of carbonyl (C=O) groups excluding carboxylic acids is 3. The number of hydrogen-bond acceptors (Lipinski definition) is 5. The topological polar surface area (TPSA) is 83.9 Å². The Morgan fingerprint density at radius 2 is 1.68 bits per heavy atom. The third-order valence-electron chi connectivity index (χ3n) is 5.76. The van der Waals surface area contributed by atoms with Crippen LogP contribution in [0.15, 0.2) is 35.9 Å². The van der Waals surface area contributed by atoms with Crippen molar-refractivity contribution < 1.29 is 19.1 Å². The van der Waals surface area contributed by atoms with E-state index in [1.54, 1.807) is 13.0 Å². The number of morpholine rings is 1. The lowest BCUT2D eigenvalue weighted by atomic mass is 10.1. The third kappa shape index (κ3) is 3.86.